The van der Waals surface area contributed by atoms with Crippen LogP contribution in [0.5, 0.6) is 0 Å². The molecule has 0 aliphatic carbocycles. The van der Waals surface area contributed by atoms with Crippen LogP contribution in [0, 0.1) is 10.8 Å². The van der Waals surface area contributed by atoms with Crippen molar-refractivity contribution in [3.05, 3.63) is 35.4 Å². The van der Waals surface area contributed by atoms with Gasteiger partial charge in [-0.15, -0.1) is 0 Å². The van der Waals surface area contributed by atoms with E-state index in [1.807, 2.05) is 12.1 Å². The van der Waals surface area contributed by atoms with E-state index in [2.05, 4.69) is 59.0 Å². The van der Waals surface area contributed by atoms with Gasteiger partial charge in [0.1, 0.15) is 0 Å². The zero-order valence-corrected chi connectivity index (χ0v) is 15.3. The molecular weight excluding hydrogens is 270 g/mol. The number of carbonyl (C=O) groups is 1. The Bertz CT molecular complexity index is 460. The second kappa shape index (κ2) is 7.80. The third kappa shape index (κ3) is 8.21. The molecule has 22 heavy (non-hydrogen) atoms. The van der Waals surface area contributed by atoms with Gasteiger partial charge in [-0.1, -0.05) is 60.1 Å². The lowest BCUT2D eigenvalue weighted by Gasteiger charge is -2.18. The molecular formula is C20H33NO. The van der Waals surface area contributed by atoms with Crippen LogP contribution in [-0.4, -0.2) is 12.5 Å². The smallest absolute Gasteiger partial charge is 0.251 e. The summed E-state index contributed by atoms with van der Waals surface area (Å²) in [7, 11) is 0. The molecule has 1 N–H and O–H groups in total. The second-order valence-electron chi connectivity index (χ2n) is 8.71. The third-order valence-electron chi connectivity index (χ3n) is 3.59. The summed E-state index contributed by atoms with van der Waals surface area (Å²) in [5.74, 6) is 0.0399. The first kappa shape index (κ1) is 18.7. The predicted molar refractivity (Wildman–Crippen MR) is 95.2 cm³/mol. The van der Waals surface area contributed by atoms with E-state index in [-0.39, 0.29) is 11.3 Å². The molecule has 0 aliphatic rings. The van der Waals surface area contributed by atoms with Crippen LogP contribution in [0.15, 0.2) is 24.3 Å². The predicted octanol–water partition coefficient (Wildman–Crippen LogP) is 5.22. The van der Waals surface area contributed by atoms with Gasteiger partial charge in [-0.25, -0.2) is 0 Å². The lowest BCUT2D eigenvalue weighted by atomic mass is 9.88. The molecule has 0 saturated carbocycles. The topological polar surface area (TPSA) is 29.1 Å². The Kier molecular flexibility index (Phi) is 6.65. The van der Waals surface area contributed by atoms with Crippen LogP contribution in [0.25, 0.3) is 0 Å². The molecule has 0 atom stereocenters. The number of amides is 1. The summed E-state index contributed by atoms with van der Waals surface area (Å²) in [6, 6.07) is 8.01. The van der Waals surface area contributed by atoms with Crippen molar-refractivity contribution in [1.29, 1.82) is 0 Å². The van der Waals surface area contributed by atoms with Gasteiger partial charge >= 0.3 is 0 Å². The van der Waals surface area contributed by atoms with Crippen LogP contribution in [-0.2, 0) is 6.42 Å². The fourth-order valence-electron chi connectivity index (χ4n) is 2.47. The average Bonchev–Trinajstić information content (AvgIpc) is 2.35. The van der Waals surface area contributed by atoms with E-state index >= 15 is 0 Å². The number of hydrogen-bond acceptors (Lipinski definition) is 1. The second-order valence-corrected chi connectivity index (χ2v) is 8.71. The summed E-state index contributed by atoms with van der Waals surface area (Å²) in [6.07, 6.45) is 4.44. The Morgan fingerprint density at radius 3 is 2.00 bits per heavy atom. The lowest BCUT2D eigenvalue weighted by Crippen LogP contribution is -2.24. The Morgan fingerprint density at radius 2 is 1.50 bits per heavy atom. The van der Waals surface area contributed by atoms with Crippen molar-refractivity contribution in [3.8, 4) is 0 Å². The van der Waals surface area contributed by atoms with Crippen molar-refractivity contribution in [2.24, 2.45) is 10.8 Å². The summed E-state index contributed by atoms with van der Waals surface area (Å²) in [5.41, 5.74) is 2.70. The lowest BCUT2D eigenvalue weighted by molar-refractivity contribution is 0.0952. The highest BCUT2D eigenvalue weighted by Gasteiger charge is 2.12. The molecule has 124 valence electrons. The molecule has 0 heterocycles. The highest BCUT2D eigenvalue weighted by Crippen LogP contribution is 2.21. The molecule has 1 aromatic rings. The van der Waals surface area contributed by atoms with Crippen LogP contribution < -0.4 is 5.32 Å². The van der Waals surface area contributed by atoms with Gasteiger partial charge in [-0.2, -0.15) is 0 Å². The molecule has 0 aliphatic heterocycles. The molecule has 0 fully saturated rings. The van der Waals surface area contributed by atoms with Crippen LogP contribution in [0.2, 0.25) is 0 Å². The van der Waals surface area contributed by atoms with Crippen LogP contribution in [0.4, 0.5) is 0 Å². The average molecular weight is 303 g/mol. The van der Waals surface area contributed by atoms with E-state index in [0.717, 1.165) is 31.4 Å². The first-order chi connectivity index (χ1) is 10.1. The monoisotopic (exact) mass is 303 g/mol. The van der Waals surface area contributed by atoms with E-state index in [0.29, 0.717) is 5.41 Å². The van der Waals surface area contributed by atoms with Crippen molar-refractivity contribution < 1.29 is 4.79 Å². The van der Waals surface area contributed by atoms with Gasteiger partial charge in [0.05, 0.1) is 0 Å². The Hall–Kier alpha value is -1.31. The molecule has 2 nitrogen and oxygen atoms in total. The van der Waals surface area contributed by atoms with Crippen molar-refractivity contribution in [3.63, 3.8) is 0 Å². The van der Waals surface area contributed by atoms with Gasteiger partial charge in [-0.05, 0) is 47.8 Å². The van der Waals surface area contributed by atoms with Crippen molar-refractivity contribution in [1.82, 2.24) is 5.32 Å². The number of hydrogen-bond donors (Lipinski definition) is 1. The van der Waals surface area contributed by atoms with E-state index < -0.39 is 0 Å². The van der Waals surface area contributed by atoms with E-state index in [1.54, 1.807) is 0 Å². The SMILES string of the molecule is CC(C)(C)CCCCNC(=O)c1ccc(CC(C)(C)C)cc1. The molecule has 1 amide bonds. The van der Waals surface area contributed by atoms with E-state index in [9.17, 15) is 4.79 Å². The third-order valence-corrected chi connectivity index (χ3v) is 3.59. The van der Waals surface area contributed by atoms with Crippen LogP contribution in [0.1, 0.15) is 76.7 Å². The number of carbonyl (C=O) groups excluding carboxylic acids is 1. The minimum atomic E-state index is 0.0399. The zero-order valence-electron chi connectivity index (χ0n) is 15.3. The van der Waals surface area contributed by atoms with Gasteiger partial charge in [0.2, 0.25) is 0 Å². The van der Waals surface area contributed by atoms with Gasteiger partial charge in [0.25, 0.3) is 5.91 Å². The minimum Gasteiger partial charge on any atom is -0.352 e. The van der Waals surface area contributed by atoms with Crippen molar-refractivity contribution in [2.75, 3.05) is 6.54 Å². The standard InChI is InChI=1S/C20H33NO/c1-19(2,3)13-7-8-14-21-18(22)17-11-9-16(10-12-17)15-20(4,5)6/h9-12H,7-8,13-15H2,1-6H3,(H,21,22). The summed E-state index contributed by atoms with van der Waals surface area (Å²) in [4.78, 5) is 12.1. The Morgan fingerprint density at radius 1 is 0.909 bits per heavy atom. The van der Waals surface area contributed by atoms with Crippen LogP contribution in [0.3, 0.4) is 0 Å². The quantitative estimate of drug-likeness (QED) is 0.717. The maximum atomic E-state index is 12.1. The molecule has 1 aromatic carbocycles. The number of benzene rings is 1. The Labute approximate surface area is 136 Å². The number of nitrogens with one attached hydrogen (secondary N) is 1. The number of rotatable bonds is 6. The molecule has 0 bridgehead atoms. The van der Waals surface area contributed by atoms with Gasteiger partial charge in [-0.3, -0.25) is 4.79 Å². The molecule has 0 radical (unpaired) electrons. The Balaban J connectivity index is 2.37. The summed E-state index contributed by atoms with van der Waals surface area (Å²) >= 11 is 0. The summed E-state index contributed by atoms with van der Waals surface area (Å²) in [6.45, 7) is 14.2. The fourth-order valence-corrected chi connectivity index (χ4v) is 2.47. The molecule has 2 heteroatoms. The van der Waals surface area contributed by atoms with Crippen LogP contribution >= 0.6 is 0 Å². The fraction of sp³-hybridized carbons (Fsp3) is 0.650. The first-order valence-corrected chi connectivity index (χ1v) is 8.44. The molecule has 1 rings (SSSR count). The minimum absolute atomic E-state index is 0.0399. The molecule has 0 aromatic heterocycles. The zero-order chi connectivity index (χ0) is 16.8. The maximum Gasteiger partial charge on any atom is 0.251 e. The molecule has 0 saturated heterocycles. The van der Waals surface area contributed by atoms with E-state index in [1.165, 1.54) is 12.0 Å². The van der Waals surface area contributed by atoms with Gasteiger partial charge in [0.15, 0.2) is 0 Å². The van der Waals surface area contributed by atoms with Gasteiger partial charge in [0, 0.05) is 12.1 Å². The first-order valence-electron chi connectivity index (χ1n) is 8.44. The number of unbranched alkanes of at least 4 members (excludes halogenated alkanes) is 1. The largest absolute Gasteiger partial charge is 0.352 e. The molecule has 0 unspecified atom stereocenters. The van der Waals surface area contributed by atoms with E-state index in [4.69, 9.17) is 0 Å². The highest BCUT2D eigenvalue weighted by molar-refractivity contribution is 5.94. The maximum absolute atomic E-state index is 12.1. The van der Waals surface area contributed by atoms with Crippen molar-refractivity contribution >= 4 is 5.91 Å². The summed E-state index contributed by atoms with van der Waals surface area (Å²) in [5, 5.41) is 3.01. The molecule has 0 spiro atoms. The van der Waals surface area contributed by atoms with Gasteiger partial charge < -0.3 is 5.32 Å². The highest BCUT2D eigenvalue weighted by atomic mass is 16.1. The normalized spacial score (nSPS) is 12.3. The summed E-state index contributed by atoms with van der Waals surface area (Å²) < 4.78 is 0. The van der Waals surface area contributed by atoms with Crippen molar-refractivity contribution in [2.45, 2.75) is 67.2 Å².